The van der Waals surface area contributed by atoms with Crippen LogP contribution >= 0.6 is 0 Å². The Morgan fingerprint density at radius 1 is 1.15 bits per heavy atom. The van der Waals surface area contributed by atoms with E-state index in [0.717, 1.165) is 18.4 Å². The quantitative estimate of drug-likeness (QED) is 0.737. The Hall–Kier alpha value is -1.80. The van der Waals surface area contributed by atoms with Crippen molar-refractivity contribution < 1.29 is 8.42 Å². The number of benzene rings is 1. The van der Waals surface area contributed by atoms with Crippen LogP contribution in [0.25, 0.3) is 0 Å². The van der Waals surface area contributed by atoms with Crippen LogP contribution in [0.2, 0.25) is 0 Å². The van der Waals surface area contributed by atoms with Gasteiger partial charge in [0.2, 0.25) is 10.0 Å². The van der Waals surface area contributed by atoms with Gasteiger partial charge < -0.3 is 0 Å². The first-order valence-corrected chi connectivity index (χ1v) is 10.8. The third kappa shape index (κ3) is 3.81. The number of tetrazole rings is 1. The smallest absolute Gasteiger partial charge is 0.211 e. The molecule has 0 bridgehead atoms. The summed E-state index contributed by atoms with van der Waals surface area (Å²) in [4.78, 5) is 0.324. The number of H-pyrrole nitrogens is 1. The van der Waals surface area contributed by atoms with Crippen molar-refractivity contribution in [2.24, 2.45) is 11.3 Å². The highest BCUT2D eigenvalue weighted by atomic mass is 32.2. The molecule has 2 aliphatic carbocycles. The molecular weight excluding hydrogens is 350 g/mol. The highest BCUT2D eigenvalue weighted by Gasteiger charge is 2.47. The van der Waals surface area contributed by atoms with E-state index >= 15 is 0 Å². The molecule has 2 N–H and O–H groups in total. The third-order valence-electron chi connectivity index (χ3n) is 5.96. The fraction of sp³-hybridized carbons (Fsp3) is 0.611. The van der Waals surface area contributed by atoms with Crippen LogP contribution in [0, 0.1) is 11.3 Å². The van der Waals surface area contributed by atoms with Crippen molar-refractivity contribution in [2.45, 2.75) is 56.3 Å². The van der Waals surface area contributed by atoms with E-state index in [2.05, 4.69) is 25.3 Å². The van der Waals surface area contributed by atoms with E-state index < -0.39 is 10.0 Å². The van der Waals surface area contributed by atoms with E-state index in [1.54, 1.807) is 12.1 Å². The van der Waals surface area contributed by atoms with Crippen LogP contribution in [0.4, 0.5) is 0 Å². The van der Waals surface area contributed by atoms with E-state index in [4.69, 9.17) is 0 Å². The molecule has 0 aliphatic heterocycles. The van der Waals surface area contributed by atoms with E-state index in [1.807, 2.05) is 12.1 Å². The van der Waals surface area contributed by atoms with Crippen molar-refractivity contribution in [1.29, 1.82) is 0 Å². The molecule has 0 amide bonds. The van der Waals surface area contributed by atoms with Crippen LogP contribution < -0.4 is 4.72 Å². The maximum Gasteiger partial charge on any atom is 0.240 e. The minimum Gasteiger partial charge on any atom is -0.211 e. The zero-order chi connectivity index (χ0) is 18.0. The summed E-state index contributed by atoms with van der Waals surface area (Å²) in [6.07, 6.45) is 9.10. The van der Waals surface area contributed by atoms with E-state index in [9.17, 15) is 8.42 Å². The molecule has 0 radical (unpaired) electrons. The number of nitrogens with zero attached hydrogens (tertiary/aromatic N) is 3. The molecule has 2 aromatic rings. The normalized spacial score (nSPS) is 19.2. The van der Waals surface area contributed by atoms with Gasteiger partial charge in [-0.25, -0.2) is 13.1 Å². The number of nitrogens with one attached hydrogen (secondary N) is 2. The summed E-state index contributed by atoms with van der Waals surface area (Å²) < 4.78 is 27.6. The molecule has 0 unspecified atom stereocenters. The highest BCUT2D eigenvalue weighted by molar-refractivity contribution is 7.89. The Bertz CT molecular complexity index is 821. The van der Waals surface area contributed by atoms with Gasteiger partial charge in [-0.15, -0.1) is 10.2 Å². The first kappa shape index (κ1) is 17.6. The third-order valence-corrected chi connectivity index (χ3v) is 7.44. The molecule has 0 saturated heterocycles. The van der Waals surface area contributed by atoms with Gasteiger partial charge in [0.05, 0.1) is 4.90 Å². The van der Waals surface area contributed by atoms with E-state index in [-0.39, 0.29) is 0 Å². The van der Waals surface area contributed by atoms with Crippen LogP contribution in [-0.2, 0) is 22.9 Å². The van der Waals surface area contributed by atoms with Gasteiger partial charge in [-0.3, -0.25) is 0 Å². The maximum atomic E-state index is 12.4. The summed E-state index contributed by atoms with van der Waals surface area (Å²) in [6.45, 7) is 0.530. The first-order chi connectivity index (χ1) is 12.5. The van der Waals surface area contributed by atoms with Gasteiger partial charge in [0, 0.05) is 13.0 Å². The summed E-state index contributed by atoms with van der Waals surface area (Å²) in [6, 6.07) is 7.03. The summed E-state index contributed by atoms with van der Waals surface area (Å²) >= 11 is 0. The molecule has 1 heterocycles. The molecule has 1 aromatic carbocycles. The number of hydrogen-bond donors (Lipinski definition) is 2. The lowest BCUT2D eigenvalue weighted by atomic mass is 9.51. The number of aryl methyl sites for hydroxylation is 2. The van der Waals surface area contributed by atoms with E-state index in [0.29, 0.717) is 35.0 Å². The number of aromatic amines is 1. The summed E-state index contributed by atoms with van der Waals surface area (Å²) in [5, 5.41) is 13.8. The predicted octanol–water partition coefficient (Wildman–Crippen LogP) is 2.23. The van der Waals surface area contributed by atoms with Gasteiger partial charge in [-0.05, 0) is 67.6 Å². The average molecular weight is 375 g/mol. The topological polar surface area (TPSA) is 101 Å². The lowest BCUT2D eigenvalue weighted by molar-refractivity contribution is -0.0268. The van der Waals surface area contributed by atoms with Crippen LogP contribution in [0.1, 0.15) is 49.9 Å². The Labute approximate surface area is 154 Å². The monoisotopic (exact) mass is 375 g/mol. The molecule has 2 saturated carbocycles. The average Bonchev–Trinajstić information content (AvgIpc) is 3.07. The second-order valence-electron chi connectivity index (χ2n) is 7.79. The fourth-order valence-corrected chi connectivity index (χ4v) is 5.36. The molecule has 0 atom stereocenters. The molecule has 2 aliphatic rings. The minimum atomic E-state index is -3.43. The Balaban J connectivity index is 1.24. The summed E-state index contributed by atoms with van der Waals surface area (Å²) in [7, 11) is -3.43. The summed E-state index contributed by atoms with van der Waals surface area (Å²) in [5.41, 5.74) is 1.70. The molecule has 8 heteroatoms. The SMILES string of the molecule is O=S(=O)(NCCC1CC2(CCC2)C1)c1ccc(CCc2nn[nH]n2)cc1. The first-order valence-electron chi connectivity index (χ1n) is 9.36. The van der Waals surface area contributed by atoms with Gasteiger partial charge in [-0.1, -0.05) is 23.8 Å². The second kappa shape index (κ2) is 7.08. The zero-order valence-corrected chi connectivity index (χ0v) is 15.6. The number of aromatic nitrogens is 4. The van der Waals surface area contributed by atoms with E-state index in [1.165, 1.54) is 32.1 Å². The van der Waals surface area contributed by atoms with Crippen LogP contribution in [0.3, 0.4) is 0 Å². The molecule has 2 fully saturated rings. The molecule has 26 heavy (non-hydrogen) atoms. The molecule has 4 rings (SSSR count). The van der Waals surface area contributed by atoms with Gasteiger partial charge >= 0.3 is 0 Å². The van der Waals surface area contributed by atoms with Gasteiger partial charge in [0.15, 0.2) is 5.82 Å². The number of sulfonamides is 1. The van der Waals surface area contributed by atoms with Gasteiger partial charge in [-0.2, -0.15) is 5.21 Å². The highest BCUT2D eigenvalue weighted by Crippen LogP contribution is 2.59. The number of hydrogen-bond acceptors (Lipinski definition) is 5. The van der Waals surface area contributed by atoms with Crippen LogP contribution in [-0.4, -0.2) is 35.6 Å². The van der Waals surface area contributed by atoms with Gasteiger partial charge in [0.25, 0.3) is 0 Å². The second-order valence-corrected chi connectivity index (χ2v) is 9.55. The Morgan fingerprint density at radius 3 is 2.54 bits per heavy atom. The molecule has 1 aromatic heterocycles. The molecular formula is C18H25N5O2S. The molecule has 140 valence electrons. The predicted molar refractivity (Wildman–Crippen MR) is 96.8 cm³/mol. The minimum absolute atomic E-state index is 0.324. The van der Waals surface area contributed by atoms with Crippen molar-refractivity contribution in [3.8, 4) is 0 Å². The number of rotatable bonds is 8. The van der Waals surface area contributed by atoms with Crippen molar-refractivity contribution in [3.05, 3.63) is 35.7 Å². The van der Waals surface area contributed by atoms with Gasteiger partial charge in [0.1, 0.15) is 0 Å². The zero-order valence-electron chi connectivity index (χ0n) is 14.8. The lowest BCUT2D eigenvalue weighted by Gasteiger charge is -2.54. The van der Waals surface area contributed by atoms with Crippen molar-refractivity contribution >= 4 is 10.0 Å². The Kier molecular flexibility index (Phi) is 4.79. The largest absolute Gasteiger partial charge is 0.240 e. The molecule has 1 spiro atoms. The van der Waals surface area contributed by atoms with Crippen molar-refractivity contribution in [3.63, 3.8) is 0 Å². The maximum absolute atomic E-state index is 12.4. The fourth-order valence-electron chi connectivity index (χ4n) is 4.31. The summed E-state index contributed by atoms with van der Waals surface area (Å²) in [5.74, 6) is 1.36. The standard InChI is InChI=1S/C18H25N5O2S/c24-26(25,19-11-8-15-12-18(13-15)9-1-10-18)16-5-2-14(3-6-16)4-7-17-20-22-23-21-17/h2-3,5-6,15,19H,1,4,7-13H2,(H,20,21,22,23). The lowest BCUT2D eigenvalue weighted by Crippen LogP contribution is -2.43. The van der Waals surface area contributed by atoms with Crippen molar-refractivity contribution in [2.75, 3.05) is 6.54 Å². The Morgan fingerprint density at radius 2 is 1.92 bits per heavy atom. The van der Waals surface area contributed by atoms with Crippen LogP contribution in [0.15, 0.2) is 29.2 Å². The van der Waals surface area contributed by atoms with Crippen molar-refractivity contribution in [1.82, 2.24) is 25.3 Å². The van der Waals surface area contributed by atoms with Crippen LogP contribution in [0.5, 0.6) is 0 Å². The molecule has 7 nitrogen and oxygen atoms in total.